The van der Waals surface area contributed by atoms with Crippen LogP contribution in [0.5, 0.6) is 0 Å². The standard InChI is InChI=1S/C18H31N3/c1-3-16-7-10-18(15-19,11-8-16)21(4-2)13-9-17-6-5-12-20-14-17/h5-6,12,14,16H,3-4,7-11,13,15,19H2,1-2H3. The van der Waals surface area contributed by atoms with Crippen molar-refractivity contribution in [2.24, 2.45) is 11.7 Å². The van der Waals surface area contributed by atoms with Gasteiger partial charge < -0.3 is 5.73 Å². The summed E-state index contributed by atoms with van der Waals surface area (Å²) in [6.07, 6.45) is 11.4. The first kappa shape index (κ1) is 16.4. The largest absolute Gasteiger partial charge is 0.329 e. The molecule has 1 aromatic heterocycles. The summed E-state index contributed by atoms with van der Waals surface area (Å²) in [5.74, 6) is 0.918. The van der Waals surface area contributed by atoms with Crippen molar-refractivity contribution in [1.29, 1.82) is 0 Å². The first-order valence-electron chi connectivity index (χ1n) is 8.58. The average molecular weight is 289 g/mol. The fourth-order valence-electron chi connectivity index (χ4n) is 3.81. The van der Waals surface area contributed by atoms with Crippen molar-refractivity contribution < 1.29 is 0 Å². The van der Waals surface area contributed by atoms with Crippen LogP contribution in [-0.4, -0.2) is 35.1 Å². The Morgan fingerprint density at radius 2 is 2.10 bits per heavy atom. The highest BCUT2D eigenvalue weighted by molar-refractivity contribution is 5.09. The van der Waals surface area contributed by atoms with Crippen LogP contribution in [-0.2, 0) is 6.42 Å². The lowest BCUT2D eigenvalue weighted by molar-refractivity contribution is 0.0467. The Morgan fingerprint density at radius 3 is 2.62 bits per heavy atom. The van der Waals surface area contributed by atoms with Gasteiger partial charge in [-0.3, -0.25) is 9.88 Å². The van der Waals surface area contributed by atoms with E-state index in [1.54, 1.807) is 0 Å². The van der Waals surface area contributed by atoms with Crippen LogP contribution in [0.25, 0.3) is 0 Å². The first-order chi connectivity index (χ1) is 10.2. The third-order valence-corrected chi connectivity index (χ3v) is 5.44. The third kappa shape index (κ3) is 4.04. The molecule has 0 atom stereocenters. The van der Waals surface area contributed by atoms with E-state index in [0.29, 0.717) is 0 Å². The molecule has 0 amide bonds. The van der Waals surface area contributed by atoms with E-state index < -0.39 is 0 Å². The molecule has 2 rings (SSSR count). The lowest BCUT2D eigenvalue weighted by Crippen LogP contribution is -2.56. The summed E-state index contributed by atoms with van der Waals surface area (Å²) in [4.78, 5) is 6.85. The number of hydrogen-bond donors (Lipinski definition) is 1. The normalized spacial score (nSPS) is 26.2. The molecule has 1 heterocycles. The molecule has 0 radical (unpaired) electrons. The van der Waals surface area contributed by atoms with Gasteiger partial charge in [0.1, 0.15) is 0 Å². The van der Waals surface area contributed by atoms with E-state index in [1.807, 2.05) is 18.5 Å². The molecule has 1 fully saturated rings. The minimum Gasteiger partial charge on any atom is -0.329 e. The molecule has 0 bridgehead atoms. The zero-order valence-electron chi connectivity index (χ0n) is 13.7. The van der Waals surface area contributed by atoms with Gasteiger partial charge in [-0.25, -0.2) is 0 Å². The topological polar surface area (TPSA) is 42.1 Å². The Morgan fingerprint density at radius 1 is 1.33 bits per heavy atom. The molecule has 1 aromatic rings. The zero-order chi connectivity index (χ0) is 15.1. The molecule has 0 spiro atoms. The highest BCUT2D eigenvalue weighted by atomic mass is 15.2. The smallest absolute Gasteiger partial charge is 0.0331 e. The van der Waals surface area contributed by atoms with Gasteiger partial charge in [0.25, 0.3) is 0 Å². The SMILES string of the molecule is CCC1CCC(CN)(N(CC)CCc2cccnc2)CC1. The zero-order valence-corrected chi connectivity index (χ0v) is 13.7. The second-order valence-electron chi connectivity index (χ2n) is 6.47. The lowest BCUT2D eigenvalue weighted by Gasteiger charge is -2.47. The second kappa shape index (κ2) is 7.90. The Balaban J connectivity index is 1.97. The van der Waals surface area contributed by atoms with Gasteiger partial charge in [0, 0.05) is 31.0 Å². The highest BCUT2D eigenvalue weighted by Gasteiger charge is 2.37. The van der Waals surface area contributed by atoms with Crippen molar-refractivity contribution in [2.75, 3.05) is 19.6 Å². The van der Waals surface area contributed by atoms with Crippen molar-refractivity contribution in [3.05, 3.63) is 30.1 Å². The second-order valence-corrected chi connectivity index (χ2v) is 6.47. The van der Waals surface area contributed by atoms with E-state index in [-0.39, 0.29) is 5.54 Å². The van der Waals surface area contributed by atoms with Gasteiger partial charge in [0.05, 0.1) is 0 Å². The van der Waals surface area contributed by atoms with Crippen molar-refractivity contribution in [3.8, 4) is 0 Å². The third-order valence-electron chi connectivity index (χ3n) is 5.44. The molecule has 3 heteroatoms. The number of rotatable bonds is 7. The predicted molar refractivity (Wildman–Crippen MR) is 89.2 cm³/mol. The molecule has 0 saturated heterocycles. The fraction of sp³-hybridized carbons (Fsp3) is 0.722. The van der Waals surface area contributed by atoms with Crippen molar-refractivity contribution >= 4 is 0 Å². The van der Waals surface area contributed by atoms with Crippen LogP contribution in [0.3, 0.4) is 0 Å². The van der Waals surface area contributed by atoms with Crippen molar-refractivity contribution in [3.63, 3.8) is 0 Å². The molecule has 1 aliphatic carbocycles. The average Bonchev–Trinajstić information content (AvgIpc) is 2.56. The molecule has 0 aliphatic heterocycles. The van der Waals surface area contributed by atoms with Crippen molar-refractivity contribution in [1.82, 2.24) is 9.88 Å². The minimum atomic E-state index is 0.239. The van der Waals surface area contributed by atoms with Crippen molar-refractivity contribution in [2.45, 2.75) is 57.9 Å². The molecule has 21 heavy (non-hydrogen) atoms. The molecule has 3 nitrogen and oxygen atoms in total. The predicted octanol–water partition coefficient (Wildman–Crippen LogP) is 3.24. The number of aromatic nitrogens is 1. The lowest BCUT2D eigenvalue weighted by atomic mass is 9.74. The van der Waals surface area contributed by atoms with E-state index in [4.69, 9.17) is 5.73 Å². The Labute approximate surface area is 129 Å². The Hall–Kier alpha value is -0.930. The molecular formula is C18H31N3. The van der Waals surface area contributed by atoms with Crippen LogP contribution >= 0.6 is 0 Å². The summed E-state index contributed by atoms with van der Waals surface area (Å²) in [6.45, 7) is 7.57. The highest BCUT2D eigenvalue weighted by Crippen LogP contribution is 2.37. The van der Waals surface area contributed by atoms with Crippen LogP contribution in [0.15, 0.2) is 24.5 Å². The van der Waals surface area contributed by atoms with E-state index in [2.05, 4.69) is 29.8 Å². The fourth-order valence-corrected chi connectivity index (χ4v) is 3.81. The summed E-state index contributed by atoms with van der Waals surface area (Å²) in [5.41, 5.74) is 7.78. The number of nitrogens with two attached hydrogens (primary N) is 1. The molecule has 1 aliphatic rings. The summed E-state index contributed by atoms with van der Waals surface area (Å²) >= 11 is 0. The number of likely N-dealkylation sites (N-methyl/N-ethyl adjacent to an activating group) is 1. The maximum Gasteiger partial charge on any atom is 0.0331 e. The van der Waals surface area contributed by atoms with Crippen LogP contribution in [0, 0.1) is 5.92 Å². The minimum absolute atomic E-state index is 0.239. The quantitative estimate of drug-likeness (QED) is 0.838. The maximum absolute atomic E-state index is 6.22. The van der Waals surface area contributed by atoms with E-state index in [1.165, 1.54) is 37.7 Å². The Kier molecular flexibility index (Phi) is 6.19. The number of hydrogen-bond acceptors (Lipinski definition) is 3. The van der Waals surface area contributed by atoms with Gasteiger partial charge in [0.15, 0.2) is 0 Å². The van der Waals surface area contributed by atoms with Gasteiger partial charge in [0.2, 0.25) is 0 Å². The molecule has 1 saturated carbocycles. The van der Waals surface area contributed by atoms with E-state index in [0.717, 1.165) is 32.0 Å². The summed E-state index contributed by atoms with van der Waals surface area (Å²) in [6, 6.07) is 4.20. The van der Waals surface area contributed by atoms with E-state index in [9.17, 15) is 0 Å². The monoisotopic (exact) mass is 289 g/mol. The van der Waals surface area contributed by atoms with Crippen LogP contribution in [0.4, 0.5) is 0 Å². The molecule has 2 N–H and O–H groups in total. The van der Waals surface area contributed by atoms with Gasteiger partial charge in [-0.2, -0.15) is 0 Å². The van der Waals surface area contributed by atoms with Crippen LogP contribution in [0.1, 0.15) is 51.5 Å². The summed E-state index contributed by atoms with van der Waals surface area (Å²) < 4.78 is 0. The first-order valence-corrected chi connectivity index (χ1v) is 8.58. The van der Waals surface area contributed by atoms with Gasteiger partial charge >= 0.3 is 0 Å². The van der Waals surface area contributed by atoms with Gasteiger partial charge in [-0.15, -0.1) is 0 Å². The Bertz CT molecular complexity index is 396. The molecule has 118 valence electrons. The molecule has 0 unspecified atom stereocenters. The van der Waals surface area contributed by atoms with Gasteiger partial charge in [-0.1, -0.05) is 26.3 Å². The summed E-state index contributed by atoms with van der Waals surface area (Å²) in [5, 5.41) is 0. The maximum atomic E-state index is 6.22. The van der Waals surface area contributed by atoms with Crippen LogP contribution < -0.4 is 5.73 Å². The van der Waals surface area contributed by atoms with Gasteiger partial charge in [-0.05, 0) is 56.2 Å². The molecule has 0 aromatic carbocycles. The van der Waals surface area contributed by atoms with E-state index >= 15 is 0 Å². The number of nitrogens with zero attached hydrogens (tertiary/aromatic N) is 2. The van der Waals surface area contributed by atoms with Crippen LogP contribution in [0.2, 0.25) is 0 Å². The number of pyridine rings is 1. The summed E-state index contributed by atoms with van der Waals surface area (Å²) in [7, 11) is 0. The molecular weight excluding hydrogens is 258 g/mol.